The number of carbonyl (C=O) groups excluding carboxylic acids is 1. The molecule has 22 heavy (non-hydrogen) atoms. The molecule has 0 aliphatic rings. The first-order chi connectivity index (χ1) is 10.7. The fourth-order valence-corrected chi connectivity index (χ4v) is 1.93. The van der Waals surface area contributed by atoms with Crippen LogP contribution in [0.15, 0.2) is 55.1 Å². The number of carbonyl (C=O) groups is 1. The molecular formula is C15H13N5O2. The third-order valence-corrected chi connectivity index (χ3v) is 2.90. The maximum absolute atomic E-state index is 10.8. The van der Waals surface area contributed by atoms with Crippen molar-refractivity contribution < 1.29 is 9.53 Å². The lowest BCUT2D eigenvalue weighted by atomic mass is 10.1. The van der Waals surface area contributed by atoms with Gasteiger partial charge in [0, 0.05) is 24.0 Å². The van der Waals surface area contributed by atoms with Crippen LogP contribution in [0.3, 0.4) is 0 Å². The number of aromatic nitrogens is 4. The highest BCUT2D eigenvalue weighted by molar-refractivity contribution is 5.75. The molecule has 1 amide bonds. The molecule has 7 nitrogen and oxygen atoms in total. The van der Waals surface area contributed by atoms with E-state index in [0.717, 1.165) is 11.3 Å². The molecule has 0 unspecified atom stereocenters. The largest absolute Gasteiger partial charge is 0.484 e. The number of nitrogens with zero attached hydrogens (tertiary/aromatic N) is 4. The highest BCUT2D eigenvalue weighted by Gasteiger charge is 2.06. The van der Waals surface area contributed by atoms with E-state index in [1.165, 1.54) is 6.33 Å². The molecule has 0 spiro atoms. The first-order valence-electron chi connectivity index (χ1n) is 6.56. The number of benzene rings is 1. The van der Waals surface area contributed by atoms with Gasteiger partial charge in [-0.2, -0.15) is 5.10 Å². The van der Waals surface area contributed by atoms with E-state index >= 15 is 0 Å². The lowest BCUT2D eigenvalue weighted by Crippen LogP contribution is -2.19. The van der Waals surface area contributed by atoms with Crippen LogP contribution in [0.2, 0.25) is 0 Å². The molecule has 0 aliphatic heterocycles. The van der Waals surface area contributed by atoms with Crippen LogP contribution >= 0.6 is 0 Å². The molecule has 0 saturated carbocycles. The second kappa shape index (κ2) is 6.04. The van der Waals surface area contributed by atoms with Crippen molar-refractivity contribution in [2.45, 2.75) is 0 Å². The standard InChI is InChI=1S/C15H13N5O2/c16-14(21)9-22-12-4-1-3-11(7-12)13-8-15(18-10-17-13)20-6-2-5-19-20/h1-8,10H,9H2,(H2,16,21). The summed E-state index contributed by atoms with van der Waals surface area (Å²) in [4.78, 5) is 19.2. The lowest BCUT2D eigenvalue weighted by Gasteiger charge is -2.07. The van der Waals surface area contributed by atoms with Crippen LogP contribution in [-0.2, 0) is 4.79 Å². The zero-order valence-electron chi connectivity index (χ0n) is 11.6. The quantitative estimate of drug-likeness (QED) is 0.762. The molecule has 7 heteroatoms. The van der Waals surface area contributed by atoms with Gasteiger partial charge in [0.1, 0.15) is 12.1 Å². The van der Waals surface area contributed by atoms with Crippen LogP contribution in [0.1, 0.15) is 0 Å². The summed E-state index contributed by atoms with van der Waals surface area (Å²) in [5.74, 6) is 0.697. The van der Waals surface area contributed by atoms with E-state index in [0.29, 0.717) is 11.6 Å². The molecule has 3 rings (SSSR count). The van der Waals surface area contributed by atoms with E-state index in [4.69, 9.17) is 10.5 Å². The first-order valence-corrected chi connectivity index (χ1v) is 6.56. The second-order valence-electron chi connectivity index (χ2n) is 4.49. The SMILES string of the molecule is NC(=O)COc1cccc(-c2cc(-n3cccn3)ncn2)c1. The van der Waals surface area contributed by atoms with Crippen molar-refractivity contribution in [3.8, 4) is 22.8 Å². The molecule has 0 atom stereocenters. The van der Waals surface area contributed by atoms with Gasteiger partial charge >= 0.3 is 0 Å². The number of amides is 1. The summed E-state index contributed by atoms with van der Waals surface area (Å²) in [5.41, 5.74) is 6.64. The summed E-state index contributed by atoms with van der Waals surface area (Å²) in [7, 11) is 0. The van der Waals surface area contributed by atoms with Gasteiger partial charge in [0.2, 0.25) is 0 Å². The van der Waals surface area contributed by atoms with E-state index < -0.39 is 5.91 Å². The van der Waals surface area contributed by atoms with Gasteiger partial charge in [-0.3, -0.25) is 4.79 Å². The molecule has 0 aliphatic carbocycles. The molecule has 1 aromatic carbocycles. The number of primary amides is 1. The third-order valence-electron chi connectivity index (χ3n) is 2.90. The Morgan fingerprint density at radius 3 is 2.91 bits per heavy atom. The van der Waals surface area contributed by atoms with E-state index in [1.807, 2.05) is 24.3 Å². The minimum Gasteiger partial charge on any atom is -0.484 e. The fraction of sp³-hybridized carbons (Fsp3) is 0.0667. The second-order valence-corrected chi connectivity index (χ2v) is 4.49. The Hall–Kier alpha value is -3.22. The highest BCUT2D eigenvalue weighted by atomic mass is 16.5. The Morgan fingerprint density at radius 1 is 1.23 bits per heavy atom. The van der Waals surface area contributed by atoms with Crippen molar-refractivity contribution in [2.75, 3.05) is 6.61 Å². The topological polar surface area (TPSA) is 95.9 Å². The van der Waals surface area contributed by atoms with Crippen molar-refractivity contribution in [1.82, 2.24) is 19.7 Å². The maximum atomic E-state index is 10.8. The average Bonchev–Trinajstić information content (AvgIpc) is 3.08. The number of hydrogen-bond donors (Lipinski definition) is 1. The van der Waals surface area contributed by atoms with Crippen molar-refractivity contribution in [2.24, 2.45) is 5.73 Å². The molecule has 2 heterocycles. The smallest absolute Gasteiger partial charge is 0.255 e. The summed E-state index contributed by atoms with van der Waals surface area (Å²) >= 11 is 0. The van der Waals surface area contributed by atoms with Gasteiger partial charge in [0.15, 0.2) is 12.4 Å². The van der Waals surface area contributed by atoms with Crippen LogP contribution in [-0.4, -0.2) is 32.3 Å². The monoisotopic (exact) mass is 295 g/mol. The summed E-state index contributed by atoms with van der Waals surface area (Å²) < 4.78 is 6.95. The Bertz CT molecular complexity index is 786. The predicted octanol–water partition coefficient (Wildman–Crippen LogP) is 1.19. The molecule has 0 bridgehead atoms. The number of rotatable bonds is 5. The van der Waals surface area contributed by atoms with E-state index in [2.05, 4.69) is 15.1 Å². The predicted molar refractivity (Wildman–Crippen MR) is 79.3 cm³/mol. The molecule has 110 valence electrons. The Labute approximate surface area is 126 Å². The zero-order valence-corrected chi connectivity index (χ0v) is 11.6. The Balaban J connectivity index is 1.89. The van der Waals surface area contributed by atoms with Gasteiger partial charge < -0.3 is 10.5 Å². The van der Waals surface area contributed by atoms with Crippen LogP contribution < -0.4 is 10.5 Å². The number of ether oxygens (including phenoxy) is 1. The summed E-state index contributed by atoms with van der Waals surface area (Å²) in [5, 5.41) is 4.14. The molecule has 0 fully saturated rings. The molecule has 3 aromatic rings. The van der Waals surface area contributed by atoms with Gasteiger partial charge in [0.25, 0.3) is 5.91 Å². The van der Waals surface area contributed by atoms with Crippen LogP contribution in [0.25, 0.3) is 17.1 Å². The van der Waals surface area contributed by atoms with Crippen molar-refractivity contribution in [3.05, 3.63) is 55.1 Å². The van der Waals surface area contributed by atoms with Crippen molar-refractivity contribution in [1.29, 1.82) is 0 Å². The Morgan fingerprint density at radius 2 is 2.14 bits per heavy atom. The van der Waals surface area contributed by atoms with Gasteiger partial charge in [-0.15, -0.1) is 0 Å². The molecule has 0 radical (unpaired) electrons. The molecular weight excluding hydrogens is 282 g/mol. The van der Waals surface area contributed by atoms with Gasteiger partial charge in [-0.25, -0.2) is 14.6 Å². The van der Waals surface area contributed by atoms with Crippen molar-refractivity contribution in [3.63, 3.8) is 0 Å². The zero-order chi connectivity index (χ0) is 15.4. The highest BCUT2D eigenvalue weighted by Crippen LogP contribution is 2.23. The fourth-order valence-electron chi connectivity index (χ4n) is 1.93. The lowest BCUT2D eigenvalue weighted by molar-refractivity contribution is -0.119. The molecule has 2 N–H and O–H groups in total. The number of nitrogens with two attached hydrogens (primary N) is 1. The molecule has 2 aromatic heterocycles. The van der Waals surface area contributed by atoms with Crippen molar-refractivity contribution >= 4 is 5.91 Å². The molecule has 0 saturated heterocycles. The number of hydrogen-bond acceptors (Lipinski definition) is 5. The van der Waals surface area contributed by atoms with Crippen LogP contribution in [0.4, 0.5) is 0 Å². The third kappa shape index (κ3) is 3.09. The average molecular weight is 295 g/mol. The maximum Gasteiger partial charge on any atom is 0.255 e. The first kappa shape index (κ1) is 13.7. The van der Waals surface area contributed by atoms with Crippen LogP contribution in [0.5, 0.6) is 5.75 Å². The van der Waals surface area contributed by atoms with Crippen LogP contribution in [0, 0.1) is 0 Å². The minimum atomic E-state index is -0.520. The Kier molecular flexibility index (Phi) is 3.78. The summed E-state index contributed by atoms with van der Waals surface area (Å²) in [6, 6.07) is 10.9. The normalized spacial score (nSPS) is 10.4. The van der Waals surface area contributed by atoms with Gasteiger partial charge in [-0.1, -0.05) is 12.1 Å². The van der Waals surface area contributed by atoms with Gasteiger partial charge in [-0.05, 0) is 18.2 Å². The van der Waals surface area contributed by atoms with Gasteiger partial charge in [0.05, 0.1) is 5.69 Å². The van der Waals surface area contributed by atoms with E-state index in [-0.39, 0.29) is 6.61 Å². The van der Waals surface area contributed by atoms with E-state index in [1.54, 1.807) is 29.2 Å². The minimum absolute atomic E-state index is 0.161. The summed E-state index contributed by atoms with van der Waals surface area (Å²) in [6.45, 7) is -0.161. The summed E-state index contributed by atoms with van der Waals surface area (Å²) in [6.07, 6.45) is 4.96. The van der Waals surface area contributed by atoms with E-state index in [9.17, 15) is 4.79 Å².